The highest BCUT2D eigenvalue weighted by atomic mass is 16.2. The summed E-state index contributed by atoms with van der Waals surface area (Å²) in [4.78, 5) is 20.1. The summed E-state index contributed by atoms with van der Waals surface area (Å²) in [5.41, 5.74) is 12.5. The van der Waals surface area contributed by atoms with Crippen LogP contribution in [0.15, 0.2) is 96.1 Å². The Balaban J connectivity index is 1.47. The number of carbonyl (C=O) groups is 1. The highest BCUT2D eigenvalue weighted by Gasteiger charge is 2.32. The van der Waals surface area contributed by atoms with Crippen molar-refractivity contribution in [2.45, 2.75) is 18.6 Å². The minimum Gasteiger partial charge on any atom is -0.334 e. The Morgan fingerprint density at radius 1 is 0.848 bits per heavy atom. The standard InChI is InChI=1S/C26H28N6O/c27-30-29-24(22-12-6-2-7-13-22)25(23-14-8-3-9-15-23)31-16-18-32(19-17-31)26(33)28-20-21-10-4-1-5-11-21/h1-15,24-25H,16-20H2,(H,28,33)/t24-,25+/m0/s1. The van der Waals surface area contributed by atoms with Crippen LogP contribution in [0.1, 0.15) is 28.8 Å². The summed E-state index contributed by atoms with van der Waals surface area (Å²) in [5, 5.41) is 7.22. The maximum atomic E-state index is 12.7. The average Bonchev–Trinajstić information content (AvgIpc) is 2.89. The number of piperazine rings is 1. The van der Waals surface area contributed by atoms with Gasteiger partial charge in [-0.25, -0.2) is 4.79 Å². The molecule has 1 saturated heterocycles. The fraction of sp³-hybridized carbons (Fsp3) is 0.269. The van der Waals surface area contributed by atoms with Gasteiger partial charge in [-0.15, -0.1) is 0 Å². The monoisotopic (exact) mass is 440 g/mol. The maximum absolute atomic E-state index is 12.7. The first kappa shape index (κ1) is 22.4. The second-order valence-corrected chi connectivity index (χ2v) is 8.08. The molecule has 3 aromatic carbocycles. The molecular weight excluding hydrogens is 412 g/mol. The van der Waals surface area contributed by atoms with Crippen molar-refractivity contribution in [1.82, 2.24) is 15.1 Å². The molecule has 168 valence electrons. The summed E-state index contributed by atoms with van der Waals surface area (Å²) in [6.07, 6.45) is 0. The third kappa shape index (κ3) is 5.71. The molecule has 0 spiro atoms. The molecule has 2 amide bonds. The normalized spacial score (nSPS) is 15.8. The van der Waals surface area contributed by atoms with Crippen LogP contribution in [-0.2, 0) is 6.54 Å². The number of urea groups is 1. The molecule has 2 atom stereocenters. The van der Waals surface area contributed by atoms with E-state index in [1.807, 2.05) is 83.8 Å². The van der Waals surface area contributed by atoms with E-state index in [0.29, 0.717) is 32.7 Å². The van der Waals surface area contributed by atoms with Crippen LogP contribution in [0.4, 0.5) is 4.79 Å². The van der Waals surface area contributed by atoms with Crippen molar-refractivity contribution in [2.75, 3.05) is 26.2 Å². The molecular formula is C26H28N6O. The molecule has 7 heteroatoms. The van der Waals surface area contributed by atoms with Gasteiger partial charge in [-0.2, -0.15) is 0 Å². The number of azide groups is 1. The molecule has 0 unspecified atom stereocenters. The molecule has 0 saturated carbocycles. The average molecular weight is 441 g/mol. The van der Waals surface area contributed by atoms with Crippen LogP contribution in [0.25, 0.3) is 10.4 Å². The molecule has 4 rings (SSSR count). The van der Waals surface area contributed by atoms with Gasteiger partial charge in [0.15, 0.2) is 0 Å². The zero-order valence-electron chi connectivity index (χ0n) is 18.5. The van der Waals surface area contributed by atoms with Crippen molar-refractivity contribution in [3.63, 3.8) is 0 Å². The van der Waals surface area contributed by atoms with Gasteiger partial charge in [0.05, 0.1) is 6.04 Å². The predicted molar refractivity (Wildman–Crippen MR) is 129 cm³/mol. The Bertz CT molecular complexity index is 1060. The number of rotatable bonds is 7. The summed E-state index contributed by atoms with van der Waals surface area (Å²) < 4.78 is 0. The van der Waals surface area contributed by atoms with E-state index < -0.39 is 0 Å². The lowest BCUT2D eigenvalue weighted by atomic mass is 9.92. The Hall–Kier alpha value is -3.80. The molecule has 0 aromatic heterocycles. The maximum Gasteiger partial charge on any atom is 0.317 e. The highest BCUT2D eigenvalue weighted by Crippen LogP contribution is 2.37. The molecule has 3 aromatic rings. The molecule has 1 aliphatic heterocycles. The molecule has 0 radical (unpaired) electrons. The van der Waals surface area contributed by atoms with Crippen molar-refractivity contribution >= 4 is 6.03 Å². The minimum absolute atomic E-state index is 0.0515. The molecule has 1 N–H and O–H groups in total. The van der Waals surface area contributed by atoms with Gasteiger partial charge >= 0.3 is 6.03 Å². The summed E-state index contributed by atoms with van der Waals surface area (Å²) >= 11 is 0. The smallest absolute Gasteiger partial charge is 0.317 e. The highest BCUT2D eigenvalue weighted by molar-refractivity contribution is 5.74. The fourth-order valence-electron chi connectivity index (χ4n) is 4.35. The van der Waals surface area contributed by atoms with Gasteiger partial charge in [0.2, 0.25) is 0 Å². The number of amides is 2. The Kier molecular flexibility index (Phi) is 7.59. The summed E-state index contributed by atoms with van der Waals surface area (Å²) in [7, 11) is 0. The third-order valence-electron chi connectivity index (χ3n) is 6.04. The SMILES string of the molecule is [N-]=[N+]=N[C@@H](c1ccccc1)[C@@H](c1ccccc1)N1CCN(C(=O)NCc2ccccc2)CC1. The predicted octanol–water partition coefficient (Wildman–Crippen LogP) is 5.31. The van der Waals surface area contributed by atoms with Gasteiger partial charge in [0, 0.05) is 43.7 Å². The summed E-state index contributed by atoms with van der Waals surface area (Å²) in [6.45, 7) is 3.13. The first-order valence-corrected chi connectivity index (χ1v) is 11.2. The number of benzene rings is 3. The van der Waals surface area contributed by atoms with E-state index in [2.05, 4.69) is 32.4 Å². The number of hydrogen-bond donors (Lipinski definition) is 1. The quantitative estimate of drug-likeness (QED) is 0.307. The van der Waals surface area contributed by atoms with Crippen molar-refractivity contribution in [3.8, 4) is 0 Å². The van der Waals surface area contributed by atoms with Crippen LogP contribution >= 0.6 is 0 Å². The zero-order valence-corrected chi connectivity index (χ0v) is 18.5. The first-order chi connectivity index (χ1) is 16.3. The van der Waals surface area contributed by atoms with E-state index in [-0.39, 0.29) is 18.1 Å². The van der Waals surface area contributed by atoms with E-state index in [9.17, 15) is 10.3 Å². The number of nitrogens with one attached hydrogen (secondary N) is 1. The van der Waals surface area contributed by atoms with Crippen LogP contribution in [0.5, 0.6) is 0 Å². The fourth-order valence-corrected chi connectivity index (χ4v) is 4.35. The molecule has 7 nitrogen and oxygen atoms in total. The lowest BCUT2D eigenvalue weighted by Crippen LogP contribution is -2.52. The van der Waals surface area contributed by atoms with Crippen molar-refractivity contribution in [3.05, 3.63) is 118 Å². The Labute approximate surface area is 194 Å². The van der Waals surface area contributed by atoms with E-state index >= 15 is 0 Å². The molecule has 1 aliphatic rings. The zero-order chi connectivity index (χ0) is 22.9. The number of nitrogens with zero attached hydrogens (tertiary/aromatic N) is 5. The molecule has 0 bridgehead atoms. The van der Waals surface area contributed by atoms with Crippen LogP contribution in [0.3, 0.4) is 0 Å². The second kappa shape index (κ2) is 11.2. The van der Waals surface area contributed by atoms with Crippen LogP contribution in [-0.4, -0.2) is 42.0 Å². The molecule has 0 aliphatic carbocycles. The van der Waals surface area contributed by atoms with Gasteiger partial charge in [0.1, 0.15) is 0 Å². The minimum atomic E-state index is -0.364. The summed E-state index contributed by atoms with van der Waals surface area (Å²) in [5.74, 6) is 0. The van der Waals surface area contributed by atoms with Crippen molar-refractivity contribution in [1.29, 1.82) is 0 Å². The molecule has 1 fully saturated rings. The Morgan fingerprint density at radius 2 is 1.39 bits per heavy atom. The van der Waals surface area contributed by atoms with Gasteiger partial charge in [-0.05, 0) is 22.2 Å². The molecule has 1 heterocycles. The lowest BCUT2D eigenvalue weighted by Gasteiger charge is -2.41. The van der Waals surface area contributed by atoms with Crippen molar-refractivity contribution in [2.24, 2.45) is 5.11 Å². The largest absolute Gasteiger partial charge is 0.334 e. The third-order valence-corrected chi connectivity index (χ3v) is 6.04. The van der Waals surface area contributed by atoms with Gasteiger partial charge in [-0.1, -0.05) is 96.1 Å². The van der Waals surface area contributed by atoms with Crippen molar-refractivity contribution < 1.29 is 4.79 Å². The number of hydrogen-bond acceptors (Lipinski definition) is 3. The van der Waals surface area contributed by atoms with E-state index in [4.69, 9.17) is 0 Å². The lowest BCUT2D eigenvalue weighted by molar-refractivity contribution is 0.0961. The van der Waals surface area contributed by atoms with Crippen LogP contribution in [0.2, 0.25) is 0 Å². The van der Waals surface area contributed by atoms with E-state index in [0.717, 1.165) is 16.7 Å². The van der Waals surface area contributed by atoms with E-state index in [1.54, 1.807) is 0 Å². The topological polar surface area (TPSA) is 84.3 Å². The summed E-state index contributed by atoms with van der Waals surface area (Å²) in [6, 6.07) is 29.4. The first-order valence-electron chi connectivity index (χ1n) is 11.2. The van der Waals surface area contributed by atoms with Crippen LogP contribution in [0, 0.1) is 0 Å². The van der Waals surface area contributed by atoms with Gasteiger partial charge in [-0.3, -0.25) is 4.90 Å². The van der Waals surface area contributed by atoms with Gasteiger partial charge in [0.25, 0.3) is 0 Å². The second-order valence-electron chi connectivity index (χ2n) is 8.08. The van der Waals surface area contributed by atoms with Gasteiger partial charge < -0.3 is 10.2 Å². The molecule has 33 heavy (non-hydrogen) atoms. The van der Waals surface area contributed by atoms with Crippen LogP contribution < -0.4 is 5.32 Å². The number of carbonyl (C=O) groups excluding carboxylic acids is 1. The Morgan fingerprint density at radius 3 is 1.97 bits per heavy atom. The van der Waals surface area contributed by atoms with E-state index in [1.165, 1.54) is 0 Å².